The summed E-state index contributed by atoms with van der Waals surface area (Å²) < 4.78 is 0. The molecule has 1 unspecified atom stereocenters. The number of amides is 1. The fraction of sp³-hybridized carbons (Fsp3) is 0.706. The summed E-state index contributed by atoms with van der Waals surface area (Å²) in [6.07, 6.45) is 8.04. The number of thioether (sulfide) groups is 1. The van der Waals surface area contributed by atoms with Crippen LogP contribution in [0, 0.1) is 5.92 Å². The van der Waals surface area contributed by atoms with Crippen LogP contribution >= 0.6 is 11.8 Å². The van der Waals surface area contributed by atoms with E-state index < -0.39 is 0 Å². The van der Waals surface area contributed by atoms with Crippen LogP contribution in [0.3, 0.4) is 0 Å². The van der Waals surface area contributed by atoms with Gasteiger partial charge in [-0.1, -0.05) is 44.4 Å². The average molecular weight is 337 g/mol. The van der Waals surface area contributed by atoms with Gasteiger partial charge in [-0.15, -0.1) is 0 Å². The Morgan fingerprint density at radius 2 is 2.17 bits per heavy atom. The van der Waals surface area contributed by atoms with Crippen LogP contribution in [0.2, 0.25) is 0 Å². The molecule has 2 rings (SSSR count). The van der Waals surface area contributed by atoms with E-state index in [9.17, 15) is 9.59 Å². The largest absolute Gasteiger partial charge is 0.355 e. The second-order valence-electron chi connectivity index (χ2n) is 6.30. The van der Waals surface area contributed by atoms with Crippen molar-refractivity contribution < 1.29 is 4.79 Å². The molecule has 6 heteroatoms. The first kappa shape index (κ1) is 18.0. The highest BCUT2D eigenvalue weighted by atomic mass is 32.2. The Morgan fingerprint density at radius 3 is 2.87 bits per heavy atom. The molecule has 0 aromatic carbocycles. The minimum absolute atomic E-state index is 0.0177. The van der Waals surface area contributed by atoms with Crippen LogP contribution < -0.4 is 10.9 Å². The summed E-state index contributed by atoms with van der Waals surface area (Å²) in [5.41, 5.74) is 0.634. The molecule has 1 heterocycles. The highest BCUT2D eigenvalue weighted by Gasteiger charge is 2.19. The van der Waals surface area contributed by atoms with Gasteiger partial charge in [0, 0.05) is 18.3 Å². The van der Waals surface area contributed by atoms with E-state index in [4.69, 9.17) is 0 Å². The lowest BCUT2D eigenvalue weighted by Crippen LogP contribution is -2.35. The molecular formula is C17H27N3O2S. The number of nitrogens with one attached hydrogen (secondary N) is 2. The summed E-state index contributed by atoms with van der Waals surface area (Å²) in [6, 6.07) is 1.53. The zero-order valence-electron chi connectivity index (χ0n) is 14.1. The Balaban J connectivity index is 1.86. The molecule has 2 N–H and O–H groups in total. The molecule has 1 aromatic heterocycles. The molecular weight excluding hydrogens is 310 g/mol. The second-order valence-corrected chi connectivity index (χ2v) is 7.63. The van der Waals surface area contributed by atoms with Gasteiger partial charge in [0.2, 0.25) is 5.91 Å². The molecule has 0 bridgehead atoms. The predicted octanol–water partition coefficient (Wildman–Crippen LogP) is 2.90. The summed E-state index contributed by atoms with van der Waals surface area (Å²) in [7, 11) is 0. The highest BCUT2D eigenvalue weighted by molar-refractivity contribution is 8.00. The van der Waals surface area contributed by atoms with Crippen LogP contribution in [0.25, 0.3) is 0 Å². The highest BCUT2D eigenvalue weighted by Crippen LogP contribution is 2.23. The summed E-state index contributed by atoms with van der Waals surface area (Å²) in [4.78, 5) is 31.0. The maximum Gasteiger partial charge on any atom is 0.251 e. The minimum atomic E-state index is -0.265. The number of hydrogen-bond acceptors (Lipinski definition) is 4. The minimum Gasteiger partial charge on any atom is -0.355 e. The fourth-order valence-corrected chi connectivity index (χ4v) is 3.78. The van der Waals surface area contributed by atoms with Gasteiger partial charge in [-0.2, -0.15) is 0 Å². The Bertz CT molecular complexity index is 567. The van der Waals surface area contributed by atoms with Gasteiger partial charge >= 0.3 is 0 Å². The number of nitrogens with zero attached hydrogens (tertiary/aromatic N) is 1. The quantitative estimate of drug-likeness (QED) is 0.592. The third-order valence-electron chi connectivity index (χ3n) is 4.23. The molecule has 1 fully saturated rings. The third-order valence-corrected chi connectivity index (χ3v) is 5.21. The third kappa shape index (κ3) is 6.01. The summed E-state index contributed by atoms with van der Waals surface area (Å²) in [5, 5.41) is 3.31. The van der Waals surface area contributed by atoms with E-state index in [0.717, 1.165) is 25.1 Å². The number of carbonyl (C=O) groups is 1. The van der Waals surface area contributed by atoms with Crippen molar-refractivity contribution in [3.8, 4) is 0 Å². The number of H-pyrrole nitrogens is 1. The van der Waals surface area contributed by atoms with Crippen molar-refractivity contribution in [2.24, 2.45) is 5.92 Å². The van der Waals surface area contributed by atoms with Gasteiger partial charge in [-0.05, 0) is 32.1 Å². The fourth-order valence-electron chi connectivity index (χ4n) is 2.92. The first-order valence-electron chi connectivity index (χ1n) is 8.63. The van der Waals surface area contributed by atoms with E-state index >= 15 is 0 Å². The maximum absolute atomic E-state index is 12.2. The molecule has 0 aliphatic heterocycles. The SMILES string of the molecule is CCCc1cc(=O)[nH]c(SC(C)C(=O)NCC2CCCCC2)n1. The number of hydrogen-bond donors (Lipinski definition) is 2. The predicted molar refractivity (Wildman–Crippen MR) is 93.8 cm³/mol. The number of aromatic amines is 1. The molecule has 1 atom stereocenters. The summed E-state index contributed by atoms with van der Waals surface area (Å²) >= 11 is 1.31. The molecule has 5 nitrogen and oxygen atoms in total. The van der Waals surface area contributed by atoms with Crippen molar-refractivity contribution in [2.75, 3.05) is 6.54 Å². The van der Waals surface area contributed by atoms with Crippen molar-refractivity contribution in [1.29, 1.82) is 0 Å². The molecule has 23 heavy (non-hydrogen) atoms. The smallest absolute Gasteiger partial charge is 0.251 e. The molecule has 128 valence electrons. The van der Waals surface area contributed by atoms with E-state index in [1.165, 1.54) is 49.9 Å². The lowest BCUT2D eigenvalue weighted by atomic mass is 9.89. The Morgan fingerprint density at radius 1 is 1.43 bits per heavy atom. The van der Waals surface area contributed by atoms with Gasteiger partial charge in [0.25, 0.3) is 5.56 Å². The van der Waals surface area contributed by atoms with Gasteiger partial charge in [0.15, 0.2) is 5.16 Å². The van der Waals surface area contributed by atoms with Crippen molar-refractivity contribution >= 4 is 17.7 Å². The van der Waals surface area contributed by atoms with E-state index in [1.807, 2.05) is 6.92 Å². The second kappa shape index (κ2) is 9.11. The maximum atomic E-state index is 12.2. The molecule has 0 radical (unpaired) electrons. The van der Waals surface area contributed by atoms with Gasteiger partial charge in [-0.25, -0.2) is 4.98 Å². The molecule has 1 aromatic rings. The van der Waals surface area contributed by atoms with Crippen LogP contribution in [0.15, 0.2) is 16.0 Å². The summed E-state index contributed by atoms with van der Waals surface area (Å²) in [5.74, 6) is 0.639. The van der Waals surface area contributed by atoms with E-state index in [-0.39, 0.29) is 16.7 Å². The number of rotatable bonds is 7. The van der Waals surface area contributed by atoms with Crippen molar-refractivity contribution in [3.05, 3.63) is 22.1 Å². The topological polar surface area (TPSA) is 74.8 Å². The van der Waals surface area contributed by atoms with Gasteiger partial charge in [0.1, 0.15) is 0 Å². The Hall–Kier alpha value is -1.30. The number of aryl methyl sites for hydroxylation is 1. The normalized spacial score (nSPS) is 17.0. The zero-order valence-corrected chi connectivity index (χ0v) is 14.9. The lowest BCUT2D eigenvalue weighted by molar-refractivity contribution is -0.120. The van der Waals surface area contributed by atoms with Crippen LogP contribution in [0.5, 0.6) is 0 Å². The first-order chi connectivity index (χ1) is 11.1. The van der Waals surface area contributed by atoms with Crippen LogP contribution in [-0.2, 0) is 11.2 Å². The van der Waals surface area contributed by atoms with Crippen LogP contribution in [0.4, 0.5) is 0 Å². The molecule has 1 saturated carbocycles. The monoisotopic (exact) mass is 337 g/mol. The Kier molecular flexibility index (Phi) is 7.15. The number of aromatic nitrogens is 2. The molecule has 1 aliphatic carbocycles. The van der Waals surface area contributed by atoms with Crippen LogP contribution in [-0.4, -0.2) is 27.7 Å². The molecule has 1 aliphatic rings. The van der Waals surface area contributed by atoms with E-state index in [0.29, 0.717) is 11.1 Å². The van der Waals surface area contributed by atoms with Crippen LogP contribution in [0.1, 0.15) is 58.1 Å². The molecule has 0 saturated heterocycles. The van der Waals surface area contributed by atoms with Gasteiger partial charge in [-0.3, -0.25) is 9.59 Å². The zero-order chi connectivity index (χ0) is 16.7. The lowest BCUT2D eigenvalue weighted by Gasteiger charge is -2.22. The Labute approximate surface area is 142 Å². The molecule has 1 amide bonds. The van der Waals surface area contributed by atoms with E-state index in [2.05, 4.69) is 22.2 Å². The average Bonchev–Trinajstić information content (AvgIpc) is 2.53. The van der Waals surface area contributed by atoms with Crippen molar-refractivity contribution in [1.82, 2.24) is 15.3 Å². The van der Waals surface area contributed by atoms with Gasteiger partial charge < -0.3 is 10.3 Å². The molecule has 0 spiro atoms. The first-order valence-corrected chi connectivity index (χ1v) is 9.51. The van der Waals surface area contributed by atoms with Gasteiger partial charge in [0.05, 0.1) is 5.25 Å². The van der Waals surface area contributed by atoms with E-state index in [1.54, 1.807) is 0 Å². The summed E-state index contributed by atoms with van der Waals surface area (Å²) in [6.45, 7) is 4.67. The van der Waals surface area contributed by atoms with Crippen molar-refractivity contribution in [3.63, 3.8) is 0 Å². The number of carbonyl (C=O) groups excluding carboxylic acids is 1. The van der Waals surface area contributed by atoms with Crippen molar-refractivity contribution in [2.45, 2.75) is 69.2 Å². The standard InChI is InChI=1S/C17H27N3O2S/c1-3-7-14-10-15(21)20-17(19-14)23-12(2)16(22)18-11-13-8-5-4-6-9-13/h10,12-13H,3-9,11H2,1-2H3,(H,18,22)(H,19,20,21).